The minimum Gasteiger partial charge on any atom is -0.483 e. The average Bonchev–Trinajstić information content (AvgIpc) is 2.67. The van der Waals surface area contributed by atoms with Crippen LogP contribution in [0.25, 0.3) is 11.0 Å². The van der Waals surface area contributed by atoms with E-state index in [0.717, 1.165) is 42.2 Å². The Balaban J connectivity index is 1.77. The van der Waals surface area contributed by atoms with Crippen LogP contribution in [0.4, 0.5) is 0 Å². The van der Waals surface area contributed by atoms with Crippen molar-refractivity contribution < 1.29 is 23.8 Å². The lowest BCUT2D eigenvalue weighted by Gasteiger charge is -2.18. The van der Waals surface area contributed by atoms with Crippen LogP contribution in [0.3, 0.4) is 0 Å². The highest BCUT2D eigenvalue weighted by Crippen LogP contribution is 2.32. The fourth-order valence-corrected chi connectivity index (χ4v) is 3.85. The van der Waals surface area contributed by atoms with Gasteiger partial charge >= 0.3 is 11.6 Å². The van der Waals surface area contributed by atoms with Gasteiger partial charge in [0.2, 0.25) is 0 Å². The van der Waals surface area contributed by atoms with E-state index >= 15 is 0 Å². The number of carboxylic acid groups (broad SMARTS) is 1. The van der Waals surface area contributed by atoms with Gasteiger partial charge in [0.25, 0.3) is 5.91 Å². The van der Waals surface area contributed by atoms with Crippen molar-refractivity contribution in [3.63, 3.8) is 0 Å². The SMILES string of the molecule is Cc1c(OCC(=O)N[C@@H](CC(C)C)C(=O)O)ccc2c3c(c(=O)oc12)CCCC3. The molecule has 1 aliphatic rings. The van der Waals surface area contributed by atoms with Crippen LogP contribution in [0.15, 0.2) is 21.3 Å². The predicted octanol–water partition coefficient (Wildman–Crippen LogP) is 2.97. The molecule has 0 fully saturated rings. The van der Waals surface area contributed by atoms with Gasteiger partial charge < -0.3 is 19.6 Å². The Kier molecular flexibility index (Phi) is 6.25. The summed E-state index contributed by atoms with van der Waals surface area (Å²) < 4.78 is 11.2. The van der Waals surface area contributed by atoms with Gasteiger partial charge in [-0.25, -0.2) is 9.59 Å². The van der Waals surface area contributed by atoms with Crippen molar-refractivity contribution >= 4 is 22.8 Å². The number of hydrogen-bond donors (Lipinski definition) is 2. The van der Waals surface area contributed by atoms with E-state index in [0.29, 0.717) is 23.3 Å². The first-order valence-electron chi connectivity index (χ1n) is 10.0. The fourth-order valence-electron chi connectivity index (χ4n) is 3.85. The summed E-state index contributed by atoms with van der Waals surface area (Å²) in [5, 5.41) is 12.6. The molecule has 1 aliphatic carbocycles. The molecular formula is C22H27NO6. The van der Waals surface area contributed by atoms with Crippen molar-refractivity contribution in [2.75, 3.05) is 6.61 Å². The topological polar surface area (TPSA) is 106 Å². The molecule has 2 aromatic rings. The molecule has 0 radical (unpaired) electrons. The normalized spacial score (nSPS) is 14.5. The van der Waals surface area contributed by atoms with E-state index in [1.165, 1.54) is 0 Å². The second-order valence-electron chi connectivity index (χ2n) is 8.00. The van der Waals surface area contributed by atoms with Gasteiger partial charge in [-0.1, -0.05) is 13.8 Å². The maximum Gasteiger partial charge on any atom is 0.339 e. The molecule has 1 aromatic carbocycles. The van der Waals surface area contributed by atoms with Crippen molar-refractivity contribution in [2.24, 2.45) is 5.92 Å². The molecule has 29 heavy (non-hydrogen) atoms. The van der Waals surface area contributed by atoms with Crippen LogP contribution < -0.4 is 15.7 Å². The number of benzene rings is 1. The van der Waals surface area contributed by atoms with Gasteiger partial charge in [-0.3, -0.25) is 4.79 Å². The van der Waals surface area contributed by atoms with E-state index in [-0.39, 0.29) is 18.2 Å². The number of carbonyl (C=O) groups excluding carboxylic acids is 1. The molecule has 0 aliphatic heterocycles. The fraction of sp³-hybridized carbons (Fsp3) is 0.500. The third kappa shape index (κ3) is 4.60. The summed E-state index contributed by atoms with van der Waals surface area (Å²) in [5.41, 5.74) is 2.65. The van der Waals surface area contributed by atoms with Crippen molar-refractivity contribution in [3.05, 3.63) is 39.2 Å². The lowest BCUT2D eigenvalue weighted by molar-refractivity contribution is -0.142. The number of ether oxygens (including phenoxy) is 1. The highest BCUT2D eigenvalue weighted by atomic mass is 16.5. The number of nitrogens with one attached hydrogen (secondary N) is 1. The lowest BCUT2D eigenvalue weighted by Crippen LogP contribution is -2.43. The Morgan fingerprint density at radius 3 is 2.55 bits per heavy atom. The monoisotopic (exact) mass is 401 g/mol. The number of rotatable bonds is 7. The van der Waals surface area contributed by atoms with E-state index in [1.807, 2.05) is 19.9 Å². The highest BCUT2D eigenvalue weighted by Gasteiger charge is 2.22. The van der Waals surface area contributed by atoms with Crippen LogP contribution in [0, 0.1) is 12.8 Å². The molecular weight excluding hydrogens is 374 g/mol. The van der Waals surface area contributed by atoms with Gasteiger partial charge in [0, 0.05) is 16.5 Å². The van der Waals surface area contributed by atoms with E-state index in [9.17, 15) is 19.5 Å². The summed E-state index contributed by atoms with van der Waals surface area (Å²) >= 11 is 0. The Morgan fingerprint density at radius 2 is 1.90 bits per heavy atom. The van der Waals surface area contributed by atoms with Gasteiger partial charge in [-0.2, -0.15) is 0 Å². The second kappa shape index (κ2) is 8.68. The summed E-state index contributed by atoms with van der Waals surface area (Å²) in [5.74, 6) is -1.01. The van der Waals surface area contributed by atoms with Crippen LogP contribution >= 0.6 is 0 Å². The van der Waals surface area contributed by atoms with Gasteiger partial charge in [-0.05, 0) is 62.6 Å². The number of carboxylic acids is 1. The maximum absolute atomic E-state index is 12.4. The molecule has 156 valence electrons. The van der Waals surface area contributed by atoms with Crippen LogP contribution in [0.1, 0.15) is 49.8 Å². The highest BCUT2D eigenvalue weighted by molar-refractivity contribution is 5.87. The number of fused-ring (bicyclic) bond motifs is 3. The molecule has 0 spiro atoms. The van der Waals surface area contributed by atoms with Crippen LogP contribution in [-0.2, 0) is 22.4 Å². The number of aliphatic carboxylic acids is 1. The van der Waals surface area contributed by atoms with Crippen molar-refractivity contribution in [2.45, 2.75) is 58.9 Å². The second-order valence-corrected chi connectivity index (χ2v) is 8.00. The van der Waals surface area contributed by atoms with Crippen LogP contribution in [0.2, 0.25) is 0 Å². The Hall–Kier alpha value is -2.83. The zero-order valence-electron chi connectivity index (χ0n) is 17.0. The smallest absolute Gasteiger partial charge is 0.339 e. The molecule has 7 heteroatoms. The summed E-state index contributed by atoms with van der Waals surface area (Å²) in [6.07, 6.45) is 3.97. The lowest BCUT2D eigenvalue weighted by atomic mass is 9.90. The minimum atomic E-state index is -1.07. The Bertz CT molecular complexity index is 991. The summed E-state index contributed by atoms with van der Waals surface area (Å²) in [6, 6.07) is 2.68. The Morgan fingerprint density at radius 1 is 1.21 bits per heavy atom. The van der Waals surface area contributed by atoms with Crippen LogP contribution in [0.5, 0.6) is 5.75 Å². The zero-order valence-corrected chi connectivity index (χ0v) is 17.0. The van der Waals surface area contributed by atoms with Gasteiger partial charge in [-0.15, -0.1) is 0 Å². The number of aryl methyl sites for hydroxylation is 2. The molecule has 0 bridgehead atoms. The molecule has 0 unspecified atom stereocenters. The quantitative estimate of drug-likeness (QED) is 0.691. The average molecular weight is 401 g/mol. The van der Waals surface area contributed by atoms with Gasteiger partial charge in [0.05, 0.1) is 0 Å². The van der Waals surface area contributed by atoms with Crippen molar-refractivity contribution in [1.29, 1.82) is 0 Å². The van der Waals surface area contributed by atoms with Crippen LogP contribution in [-0.4, -0.2) is 29.6 Å². The number of hydrogen-bond acceptors (Lipinski definition) is 5. The predicted molar refractivity (Wildman–Crippen MR) is 108 cm³/mol. The molecule has 1 atom stereocenters. The van der Waals surface area contributed by atoms with E-state index in [1.54, 1.807) is 13.0 Å². The zero-order chi connectivity index (χ0) is 21.1. The molecule has 0 saturated carbocycles. The first-order valence-corrected chi connectivity index (χ1v) is 10.0. The largest absolute Gasteiger partial charge is 0.483 e. The maximum atomic E-state index is 12.4. The third-order valence-electron chi connectivity index (χ3n) is 5.29. The molecule has 1 amide bonds. The summed E-state index contributed by atoms with van der Waals surface area (Å²) in [7, 11) is 0. The molecule has 2 N–H and O–H groups in total. The van der Waals surface area contributed by atoms with Crippen molar-refractivity contribution in [1.82, 2.24) is 5.32 Å². The van der Waals surface area contributed by atoms with Crippen molar-refractivity contribution in [3.8, 4) is 5.75 Å². The minimum absolute atomic E-state index is 0.133. The number of amides is 1. The molecule has 1 heterocycles. The molecule has 0 saturated heterocycles. The molecule has 1 aromatic heterocycles. The summed E-state index contributed by atoms with van der Waals surface area (Å²) in [6.45, 7) is 5.25. The molecule has 3 rings (SSSR count). The molecule has 7 nitrogen and oxygen atoms in total. The Labute approximate surface area is 169 Å². The summed E-state index contributed by atoms with van der Waals surface area (Å²) in [4.78, 5) is 35.8. The van der Waals surface area contributed by atoms with Gasteiger partial charge in [0.1, 0.15) is 17.4 Å². The van der Waals surface area contributed by atoms with E-state index in [2.05, 4.69) is 5.32 Å². The van der Waals surface area contributed by atoms with E-state index < -0.39 is 17.9 Å². The van der Waals surface area contributed by atoms with E-state index in [4.69, 9.17) is 9.15 Å². The standard InChI is InChI=1S/C22H27NO6/c1-12(2)10-17(21(25)26)23-19(24)11-28-18-9-8-15-14-6-4-5-7-16(14)22(27)29-20(15)13(18)3/h8-9,12,17H,4-7,10-11H2,1-3H3,(H,23,24)(H,25,26)/t17-/m0/s1. The first-order chi connectivity index (χ1) is 13.8. The third-order valence-corrected chi connectivity index (χ3v) is 5.29. The number of carbonyl (C=O) groups is 2. The van der Waals surface area contributed by atoms with Gasteiger partial charge in [0.15, 0.2) is 6.61 Å². The first kappa shape index (κ1) is 20.9.